The molecule has 0 aromatic heterocycles. The molecule has 2 atom stereocenters. The van der Waals surface area contributed by atoms with Gasteiger partial charge >= 0.3 is 0 Å². The van der Waals surface area contributed by atoms with Gasteiger partial charge < -0.3 is 5.32 Å². The van der Waals surface area contributed by atoms with Crippen LogP contribution in [0.25, 0.3) is 0 Å². The lowest BCUT2D eigenvalue weighted by atomic mass is 9.94. The second-order valence-corrected chi connectivity index (χ2v) is 6.86. The zero-order chi connectivity index (χ0) is 14.8. The standard InChI is InChI=1S/C16H23BrFN3/c1-2-19-15(9-12-3-4-13(18)10-14(12)17)16-11-20-5-7-21(16)8-6-20/h3-4,10,15-16,19H,2,5-9,11H2,1H3. The van der Waals surface area contributed by atoms with Crippen molar-refractivity contribution in [1.29, 1.82) is 0 Å². The Morgan fingerprint density at radius 2 is 2.10 bits per heavy atom. The van der Waals surface area contributed by atoms with Gasteiger partial charge in [-0.25, -0.2) is 4.39 Å². The van der Waals surface area contributed by atoms with E-state index in [1.807, 2.05) is 6.07 Å². The summed E-state index contributed by atoms with van der Waals surface area (Å²) in [5, 5.41) is 3.64. The molecule has 3 fully saturated rings. The maximum Gasteiger partial charge on any atom is 0.124 e. The number of piperazine rings is 3. The van der Waals surface area contributed by atoms with E-state index in [2.05, 4.69) is 38.0 Å². The Morgan fingerprint density at radius 3 is 2.67 bits per heavy atom. The lowest BCUT2D eigenvalue weighted by Gasteiger charge is -2.50. The van der Waals surface area contributed by atoms with E-state index < -0.39 is 0 Å². The molecule has 0 spiro atoms. The number of nitrogens with one attached hydrogen (secondary N) is 1. The highest BCUT2D eigenvalue weighted by atomic mass is 79.9. The van der Waals surface area contributed by atoms with Crippen molar-refractivity contribution < 1.29 is 4.39 Å². The maximum atomic E-state index is 13.2. The number of halogens is 2. The minimum absolute atomic E-state index is 0.183. The van der Waals surface area contributed by atoms with Crippen LogP contribution in [0.3, 0.4) is 0 Å². The first-order chi connectivity index (χ1) is 10.2. The zero-order valence-corrected chi connectivity index (χ0v) is 14.1. The molecule has 3 heterocycles. The van der Waals surface area contributed by atoms with Crippen LogP contribution < -0.4 is 5.32 Å². The summed E-state index contributed by atoms with van der Waals surface area (Å²) in [4.78, 5) is 5.18. The van der Waals surface area contributed by atoms with Crippen molar-refractivity contribution in [2.75, 3.05) is 39.3 Å². The molecule has 21 heavy (non-hydrogen) atoms. The molecule has 3 saturated heterocycles. The largest absolute Gasteiger partial charge is 0.312 e. The van der Waals surface area contributed by atoms with Gasteiger partial charge in [-0.3, -0.25) is 9.80 Å². The first kappa shape index (κ1) is 15.4. The summed E-state index contributed by atoms with van der Waals surface area (Å²) in [5.41, 5.74) is 1.18. The van der Waals surface area contributed by atoms with Crippen LogP contribution in [-0.2, 0) is 6.42 Å². The number of hydrogen-bond acceptors (Lipinski definition) is 3. The molecule has 1 N–H and O–H groups in total. The van der Waals surface area contributed by atoms with Crippen molar-refractivity contribution >= 4 is 15.9 Å². The molecule has 4 rings (SSSR count). The van der Waals surface area contributed by atoms with Crippen LogP contribution in [0.5, 0.6) is 0 Å². The van der Waals surface area contributed by atoms with Crippen LogP contribution in [0.15, 0.2) is 22.7 Å². The van der Waals surface area contributed by atoms with Gasteiger partial charge in [-0.2, -0.15) is 0 Å². The molecule has 3 aliphatic heterocycles. The fourth-order valence-corrected chi connectivity index (χ4v) is 4.08. The highest BCUT2D eigenvalue weighted by Crippen LogP contribution is 2.24. The Morgan fingerprint density at radius 1 is 1.33 bits per heavy atom. The molecular formula is C16H23BrFN3. The third kappa shape index (κ3) is 3.47. The molecule has 0 aliphatic carbocycles. The molecule has 116 valence electrons. The third-order valence-electron chi connectivity index (χ3n) is 4.71. The lowest BCUT2D eigenvalue weighted by molar-refractivity contribution is -0.00291. The van der Waals surface area contributed by atoms with Crippen LogP contribution in [0, 0.1) is 5.82 Å². The summed E-state index contributed by atoms with van der Waals surface area (Å²) in [7, 11) is 0. The summed E-state index contributed by atoms with van der Waals surface area (Å²) in [6, 6.07) is 6.00. The Balaban J connectivity index is 1.75. The van der Waals surface area contributed by atoms with Crippen LogP contribution in [0.4, 0.5) is 4.39 Å². The summed E-state index contributed by atoms with van der Waals surface area (Å²) >= 11 is 3.50. The van der Waals surface area contributed by atoms with E-state index in [0.29, 0.717) is 12.1 Å². The lowest BCUT2D eigenvalue weighted by Crippen LogP contribution is -2.66. The summed E-state index contributed by atoms with van der Waals surface area (Å²) in [6.45, 7) is 9.03. The fraction of sp³-hybridized carbons (Fsp3) is 0.625. The quantitative estimate of drug-likeness (QED) is 0.872. The first-order valence-corrected chi connectivity index (χ1v) is 8.60. The van der Waals surface area contributed by atoms with Crippen molar-refractivity contribution in [1.82, 2.24) is 15.1 Å². The number of fused-ring (bicyclic) bond motifs is 3. The van der Waals surface area contributed by atoms with E-state index in [9.17, 15) is 4.39 Å². The summed E-state index contributed by atoms with van der Waals surface area (Å²) in [5.74, 6) is -0.183. The van der Waals surface area contributed by atoms with Gasteiger partial charge in [-0.1, -0.05) is 28.9 Å². The second kappa shape index (κ2) is 6.73. The number of rotatable bonds is 5. The average Bonchev–Trinajstić information content (AvgIpc) is 2.50. The normalized spacial score (nSPS) is 29.6. The van der Waals surface area contributed by atoms with E-state index in [-0.39, 0.29) is 5.82 Å². The van der Waals surface area contributed by atoms with Gasteiger partial charge in [0.15, 0.2) is 0 Å². The van der Waals surface area contributed by atoms with Crippen LogP contribution >= 0.6 is 15.9 Å². The monoisotopic (exact) mass is 355 g/mol. The molecule has 2 unspecified atom stereocenters. The molecule has 1 aromatic rings. The molecule has 0 radical (unpaired) electrons. The number of nitrogens with zero attached hydrogens (tertiary/aromatic N) is 2. The van der Waals surface area contributed by atoms with Crippen molar-refractivity contribution in [3.05, 3.63) is 34.1 Å². The van der Waals surface area contributed by atoms with Crippen molar-refractivity contribution in [2.45, 2.75) is 25.4 Å². The molecule has 3 aliphatic rings. The van der Waals surface area contributed by atoms with Crippen LogP contribution in [0.1, 0.15) is 12.5 Å². The Kier molecular flexibility index (Phi) is 4.94. The molecule has 0 saturated carbocycles. The van der Waals surface area contributed by atoms with E-state index >= 15 is 0 Å². The SMILES string of the molecule is CCNC(Cc1ccc(F)cc1Br)C1CN2CCN1CC2. The highest BCUT2D eigenvalue weighted by molar-refractivity contribution is 9.10. The van der Waals surface area contributed by atoms with Gasteiger partial charge in [0.2, 0.25) is 0 Å². The Hall–Kier alpha value is -0.490. The average molecular weight is 356 g/mol. The van der Waals surface area contributed by atoms with Gasteiger partial charge in [0.05, 0.1) is 0 Å². The molecule has 2 bridgehead atoms. The van der Waals surface area contributed by atoms with E-state index in [1.54, 1.807) is 12.1 Å². The van der Waals surface area contributed by atoms with Gasteiger partial charge in [0, 0.05) is 49.3 Å². The first-order valence-electron chi connectivity index (χ1n) is 7.81. The highest BCUT2D eigenvalue weighted by Gasteiger charge is 2.36. The fourth-order valence-electron chi connectivity index (χ4n) is 3.57. The van der Waals surface area contributed by atoms with Gasteiger partial charge in [-0.05, 0) is 30.7 Å². The molecule has 5 heteroatoms. The van der Waals surface area contributed by atoms with Gasteiger partial charge in [0.1, 0.15) is 5.82 Å². The van der Waals surface area contributed by atoms with Crippen molar-refractivity contribution in [2.24, 2.45) is 0 Å². The van der Waals surface area contributed by atoms with E-state index in [0.717, 1.165) is 24.0 Å². The van der Waals surface area contributed by atoms with Crippen molar-refractivity contribution in [3.63, 3.8) is 0 Å². The van der Waals surface area contributed by atoms with E-state index in [1.165, 1.54) is 31.7 Å². The van der Waals surface area contributed by atoms with Crippen LogP contribution in [0.2, 0.25) is 0 Å². The predicted molar refractivity (Wildman–Crippen MR) is 87.1 cm³/mol. The molecule has 0 amide bonds. The van der Waals surface area contributed by atoms with Crippen LogP contribution in [-0.4, -0.2) is 61.2 Å². The minimum atomic E-state index is -0.183. The molecule has 3 nitrogen and oxygen atoms in total. The van der Waals surface area contributed by atoms with Gasteiger partial charge in [-0.15, -0.1) is 0 Å². The number of hydrogen-bond donors (Lipinski definition) is 1. The summed E-state index contributed by atoms with van der Waals surface area (Å²) in [6.07, 6.45) is 0.934. The van der Waals surface area contributed by atoms with Crippen molar-refractivity contribution in [3.8, 4) is 0 Å². The van der Waals surface area contributed by atoms with E-state index in [4.69, 9.17) is 0 Å². The number of benzene rings is 1. The zero-order valence-electron chi connectivity index (χ0n) is 12.5. The molecule has 1 aromatic carbocycles. The Labute approximate surface area is 134 Å². The van der Waals surface area contributed by atoms with Gasteiger partial charge in [0.25, 0.3) is 0 Å². The Bertz CT molecular complexity index is 488. The molecular weight excluding hydrogens is 333 g/mol. The summed E-state index contributed by atoms with van der Waals surface area (Å²) < 4.78 is 14.1. The minimum Gasteiger partial charge on any atom is -0.312 e. The second-order valence-electron chi connectivity index (χ2n) is 6.01. The topological polar surface area (TPSA) is 18.5 Å². The maximum absolute atomic E-state index is 13.2. The third-order valence-corrected chi connectivity index (χ3v) is 5.45. The predicted octanol–water partition coefficient (Wildman–Crippen LogP) is 2.11. The number of likely N-dealkylation sites (N-methyl/N-ethyl adjacent to an activating group) is 1. The smallest absolute Gasteiger partial charge is 0.124 e.